The van der Waals surface area contributed by atoms with Crippen molar-refractivity contribution in [2.45, 2.75) is 50.5 Å². The van der Waals surface area contributed by atoms with Gasteiger partial charge in [0.05, 0.1) is 0 Å². The summed E-state index contributed by atoms with van der Waals surface area (Å²) in [5, 5.41) is 6.66. The van der Waals surface area contributed by atoms with E-state index in [1.807, 2.05) is 38.2 Å². The van der Waals surface area contributed by atoms with Crippen molar-refractivity contribution in [3.8, 4) is 0 Å². The summed E-state index contributed by atoms with van der Waals surface area (Å²) in [6, 6.07) is 9.11. The Bertz CT molecular complexity index is 896. The van der Waals surface area contributed by atoms with Crippen molar-refractivity contribution in [1.82, 2.24) is 10.6 Å². The molecule has 1 aromatic carbocycles. The molecule has 0 amide bonds. The van der Waals surface area contributed by atoms with Crippen LogP contribution in [0.4, 0.5) is 4.79 Å². The topological polar surface area (TPSA) is 108 Å². The van der Waals surface area contributed by atoms with Gasteiger partial charge in [-0.15, -0.1) is 0 Å². The number of allylic oxidation sites excluding steroid dienone is 2. The molecule has 9 nitrogen and oxygen atoms in total. The molecule has 0 spiro atoms. The average Bonchev–Trinajstić information content (AvgIpc) is 3.16. The Morgan fingerprint density at radius 3 is 2.69 bits per heavy atom. The molecule has 0 radical (unpaired) electrons. The molecule has 1 aliphatic heterocycles. The summed E-state index contributed by atoms with van der Waals surface area (Å²) in [5.41, 5.74) is 0.854. The van der Waals surface area contributed by atoms with Gasteiger partial charge < -0.3 is 38.8 Å². The molecule has 0 bridgehead atoms. The Kier molecular flexibility index (Phi) is 13.9. The lowest BCUT2D eigenvalue weighted by atomic mass is 9.82. The molecule has 200 valence electrons. The smallest absolute Gasteiger partial charge is 0.431 e. The summed E-state index contributed by atoms with van der Waals surface area (Å²) < 4.78 is 27.2. The van der Waals surface area contributed by atoms with Gasteiger partial charge in [0.25, 0.3) is 0 Å². The Hall–Kier alpha value is -1.53. The van der Waals surface area contributed by atoms with E-state index >= 15 is 0 Å². The van der Waals surface area contributed by atoms with Crippen molar-refractivity contribution in [2.75, 3.05) is 27.3 Å². The standard InChI is InChI=1S/C23H36BN2O7PS2/c1-25-22(35)26-14-10-5-3-4-9-13-18-20(33-34(28,36)29-2)19(32-21(18)24)16-31-23(27)30-15-17-11-7-6-8-12-17/h4,6-9,11-12,18-21H,3,5,10,13-16,24H2,1-2H3,(H,28,36)(H2,25,26,35)/b9-4+/t18?,19-,20-,21-,34?/m1/s1. The zero-order valence-electron chi connectivity index (χ0n) is 21.0. The molecular weight excluding hydrogens is 522 g/mol. The minimum Gasteiger partial charge on any atom is -0.431 e. The van der Waals surface area contributed by atoms with Crippen LogP contribution in [-0.4, -0.2) is 69.5 Å². The fourth-order valence-electron chi connectivity index (χ4n) is 3.76. The molecule has 2 unspecified atom stereocenters. The van der Waals surface area contributed by atoms with Crippen LogP contribution in [0, 0.1) is 5.92 Å². The maximum atomic E-state index is 12.1. The first kappa shape index (κ1) is 30.7. The van der Waals surface area contributed by atoms with Crippen LogP contribution in [0.1, 0.15) is 31.2 Å². The largest absolute Gasteiger partial charge is 0.508 e. The second kappa shape index (κ2) is 16.3. The summed E-state index contributed by atoms with van der Waals surface area (Å²) in [5.74, 6) is -0.102. The molecule has 0 saturated carbocycles. The highest BCUT2D eigenvalue weighted by atomic mass is 32.5. The van der Waals surface area contributed by atoms with Gasteiger partial charge in [-0.3, -0.25) is 0 Å². The molecule has 1 aromatic rings. The molecule has 1 saturated heterocycles. The van der Waals surface area contributed by atoms with Gasteiger partial charge in [0.2, 0.25) is 0 Å². The first-order valence-electron chi connectivity index (χ1n) is 11.9. The van der Waals surface area contributed by atoms with Crippen molar-refractivity contribution in [2.24, 2.45) is 5.92 Å². The van der Waals surface area contributed by atoms with Crippen LogP contribution in [0.5, 0.6) is 0 Å². The normalized spacial score (nSPS) is 23.2. The first-order chi connectivity index (χ1) is 17.3. The third-order valence-corrected chi connectivity index (χ3v) is 7.74. The van der Waals surface area contributed by atoms with E-state index in [0.29, 0.717) is 11.5 Å². The highest BCUT2D eigenvalue weighted by Gasteiger charge is 2.45. The fourth-order valence-corrected chi connectivity index (χ4v) is 4.84. The van der Waals surface area contributed by atoms with E-state index in [4.69, 9.17) is 47.3 Å². The molecule has 2 rings (SSSR count). The fraction of sp³-hybridized carbons (Fsp3) is 0.565. The predicted octanol–water partition coefficient (Wildman–Crippen LogP) is 2.77. The van der Waals surface area contributed by atoms with Gasteiger partial charge in [-0.1, -0.05) is 42.5 Å². The van der Waals surface area contributed by atoms with Crippen LogP contribution < -0.4 is 10.6 Å². The highest BCUT2D eigenvalue weighted by Crippen LogP contribution is 2.48. The van der Waals surface area contributed by atoms with Crippen molar-refractivity contribution < 1.29 is 32.9 Å². The minimum atomic E-state index is -3.46. The summed E-state index contributed by atoms with van der Waals surface area (Å²) in [6.07, 6.45) is 5.78. The predicted molar refractivity (Wildman–Crippen MR) is 149 cm³/mol. The molecule has 1 heterocycles. The molecule has 0 aliphatic carbocycles. The summed E-state index contributed by atoms with van der Waals surface area (Å²) in [4.78, 5) is 22.4. The lowest BCUT2D eigenvalue weighted by Crippen LogP contribution is -2.33. The van der Waals surface area contributed by atoms with Crippen molar-refractivity contribution >= 4 is 49.9 Å². The summed E-state index contributed by atoms with van der Waals surface area (Å²) in [7, 11) is 5.02. The average molecular weight is 558 g/mol. The van der Waals surface area contributed by atoms with E-state index in [1.54, 1.807) is 7.05 Å². The zero-order chi connectivity index (χ0) is 26.4. The maximum Gasteiger partial charge on any atom is 0.508 e. The monoisotopic (exact) mass is 558 g/mol. The Morgan fingerprint density at radius 2 is 2.00 bits per heavy atom. The van der Waals surface area contributed by atoms with E-state index in [1.165, 1.54) is 7.11 Å². The number of thiocarbonyl (C=S) groups is 1. The molecule has 1 fully saturated rings. The van der Waals surface area contributed by atoms with Gasteiger partial charge in [-0.25, -0.2) is 4.79 Å². The van der Waals surface area contributed by atoms with Gasteiger partial charge in [-0.2, -0.15) is 0 Å². The number of carbonyl (C=O) groups is 1. The quantitative estimate of drug-likeness (QED) is 0.0784. The molecule has 36 heavy (non-hydrogen) atoms. The van der Waals surface area contributed by atoms with Crippen molar-refractivity contribution in [1.29, 1.82) is 0 Å². The first-order valence-corrected chi connectivity index (χ1v) is 14.9. The number of ether oxygens (including phenoxy) is 3. The highest BCUT2D eigenvalue weighted by molar-refractivity contribution is 8.07. The van der Waals surface area contributed by atoms with E-state index in [9.17, 15) is 9.69 Å². The van der Waals surface area contributed by atoms with Crippen LogP contribution >= 0.6 is 18.9 Å². The second-order valence-corrected chi connectivity index (χ2v) is 11.6. The third kappa shape index (κ3) is 11.3. The number of hydrogen-bond acceptors (Lipinski definition) is 8. The lowest BCUT2D eigenvalue weighted by molar-refractivity contribution is -0.0272. The summed E-state index contributed by atoms with van der Waals surface area (Å²) >= 11 is 10.1. The van der Waals surface area contributed by atoms with Crippen LogP contribution in [0.25, 0.3) is 0 Å². The number of carbonyl (C=O) groups excluding carboxylic acids is 1. The maximum absolute atomic E-state index is 12.1. The van der Waals surface area contributed by atoms with Gasteiger partial charge in [0.15, 0.2) is 5.11 Å². The Morgan fingerprint density at radius 1 is 1.25 bits per heavy atom. The van der Waals surface area contributed by atoms with Gasteiger partial charge in [0, 0.05) is 32.6 Å². The van der Waals surface area contributed by atoms with Crippen LogP contribution in [0.3, 0.4) is 0 Å². The van der Waals surface area contributed by atoms with Gasteiger partial charge >= 0.3 is 12.9 Å². The molecule has 13 heteroatoms. The molecule has 5 atom stereocenters. The Balaban J connectivity index is 1.85. The second-order valence-electron chi connectivity index (χ2n) is 8.31. The number of hydrogen-bond donors (Lipinski definition) is 3. The van der Waals surface area contributed by atoms with Gasteiger partial charge in [-0.05, 0) is 55.3 Å². The number of unbranched alkanes of at least 4 members (excludes halogenated alkanes) is 2. The van der Waals surface area contributed by atoms with E-state index < -0.39 is 25.1 Å². The number of rotatable bonds is 14. The van der Waals surface area contributed by atoms with Gasteiger partial charge in [0.1, 0.15) is 33.3 Å². The molecule has 3 N–H and O–H groups in total. The SMILES string of the molecule is B[C@@H]1O[C@H](COC(=O)OCc2ccccc2)[C@H](OP(O)(=S)OC)C1C/C=C/CCCCNC(=S)NC. The third-order valence-electron chi connectivity index (χ3n) is 5.72. The minimum absolute atomic E-state index is 0.0939. The van der Waals surface area contributed by atoms with Crippen molar-refractivity contribution in [3.05, 3.63) is 48.0 Å². The Labute approximate surface area is 224 Å². The number of benzene rings is 1. The van der Waals surface area contributed by atoms with Crippen LogP contribution in [0.2, 0.25) is 0 Å². The van der Waals surface area contributed by atoms with E-state index in [2.05, 4.69) is 22.8 Å². The molecule has 1 aliphatic rings. The summed E-state index contributed by atoms with van der Waals surface area (Å²) in [6.45, 7) is -2.62. The van der Waals surface area contributed by atoms with Crippen LogP contribution in [0.15, 0.2) is 42.5 Å². The molecular formula is C23H36BN2O7PS2. The lowest BCUT2D eigenvalue weighted by Gasteiger charge is -2.26. The van der Waals surface area contributed by atoms with Crippen LogP contribution in [-0.2, 0) is 41.7 Å². The molecule has 0 aromatic heterocycles. The zero-order valence-corrected chi connectivity index (χ0v) is 23.5. The van der Waals surface area contributed by atoms with Crippen molar-refractivity contribution in [3.63, 3.8) is 0 Å². The van der Waals surface area contributed by atoms with E-state index in [0.717, 1.165) is 31.4 Å². The number of nitrogens with one attached hydrogen (secondary N) is 2. The van der Waals surface area contributed by atoms with E-state index in [-0.39, 0.29) is 25.1 Å².